The lowest BCUT2D eigenvalue weighted by Gasteiger charge is -2.07. The van der Waals surface area contributed by atoms with Crippen LogP contribution in [0, 0.1) is 20.8 Å². The number of aromatic nitrogens is 3. The second-order valence-corrected chi connectivity index (χ2v) is 4.62. The van der Waals surface area contributed by atoms with Crippen LogP contribution in [0.2, 0.25) is 0 Å². The topological polar surface area (TPSA) is 56.7 Å². The van der Waals surface area contributed by atoms with Gasteiger partial charge in [-0.05, 0) is 48.3 Å². The molecule has 0 bridgehead atoms. The molecule has 2 rings (SSSR count). The van der Waals surface area contributed by atoms with Crippen molar-refractivity contribution in [1.29, 1.82) is 0 Å². The van der Waals surface area contributed by atoms with Crippen LogP contribution in [0.4, 0.5) is 5.69 Å². The molecule has 2 N–H and O–H groups in total. The molecule has 0 unspecified atom stereocenters. The third-order valence-electron chi connectivity index (χ3n) is 2.44. The summed E-state index contributed by atoms with van der Waals surface area (Å²) in [6.45, 7) is 5.88. The summed E-state index contributed by atoms with van der Waals surface area (Å²) in [7, 11) is 0. The Morgan fingerprint density at radius 2 is 2.00 bits per heavy atom. The summed E-state index contributed by atoms with van der Waals surface area (Å²) in [4.78, 5) is 4.32. The molecule has 16 heavy (non-hydrogen) atoms. The minimum absolute atomic E-state index is 0.637. The van der Waals surface area contributed by atoms with Crippen molar-refractivity contribution in [3.05, 3.63) is 33.7 Å². The number of hydrogen-bond donors (Lipinski definition) is 1. The molecule has 5 heteroatoms. The Balaban J connectivity index is 2.63. The Kier molecular flexibility index (Phi) is 2.71. The minimum Gasteiger partial charge on any atom is -0.396 e. The van der Waals surface area contributed by atoms with Gasteiger partial charge < -0.3 is 5.73 Å². The second kappa shape index (κ2) is 3.90. The van der Waals surface area contributed by atoms with Crippen molar-refractivity contribution in [2.24, 2.45) is 0 Å². The fraction of sp³-hybridized carbons (Fsp3) is 0.273. The Morgan fingerprint density at radius 1 is 1.31 bits per heavy atom. The van der Waals surface area contributed by atoms with Crippen LogP contribution >= 0.6 is 15.9 Å². The first-order valence-corrected chi connectivity index (χ1v) is 5.74. The molecule has 0 atom stereocenters. The number of aryl methyl sites for hydroxylation is 2. The summed E-state index contributed by atoms with van der Waals surface area (Å²) in [5.41, 5.74) is 9.55. The summed E-state index contributed by atoms with van der Waals surface area (Å²) in [5.74, 6) is 0.678. The van der Waals surface area contributed by atoms with Gasteiger partial charge in [-0.15, -0.1) is 0 Å². The first-order chi connectivity index (χ1) is 7.50. The lowest BCUT2D eigenvalue weighted by atomic mass is 10.3. The highest BCUT2D eigenvalue weighted by molar-refractivity contribution is 9.10. The summed E-state index contributed by atoms with van der Waals surface area (Å²) < 4.78 is 2.75. The Bertz CT molecular complexity index is 545. The molecule has 0 aliphatic rings. The first kappa shape index (κ1) is 11.1. The van der Waals surface area contributed by atoms with Crippen molar-refractivity contribution in [2.75, 3.05) is 5.73 Å². The number of nitrogens with two attached hydrogens (primary N) is 1. The molecule has 0 aliphatic heterocycles. The zero-order chi connectivity index (χ0) is 11.9. The molecule has 0 fully saturated rings. The number of halogens is 1. The van der Waals surface area contributed by atoms with E-state index in [9.17, 15) is 0 Å². The van der Waals surface area contributed by atoms with E-state index in [-0.39, 0.29) is 0 Å². The molecule has 0 saturated carbocycles. The van der Waals surface area contributed by atoms with Crippen molar-refractivity contribution in [2.45, 2.75) is 20.8 Å². The molecular weight excluding hydrogens is 268 g/mol. The maximum absolute atomic E-state index is 5.94. The molecule has 0 spiro atoms. The highest BCUT2D eigenvalue weighted by atomic mass is 79.9. The first-order valence-electron chi connectivity index (χ1n) is 4.95. The quantitative estimate of drug-likeness (QED) is 0.873. The average Bonchev–Trinajstić information content (AvgIpc) is 2.46. The van der Waals surface area contributed by atoms with Gasteiger partial charge in [-0.2, -0.15) is 5.10 Å². The van der Waals surface area contributed by atoms with E-state index in [1.54, 1.807) is 10.9 Å². The number of pyridine rings is 1. The predicted molar refractivity (Wildman–Crippen MR) is 67.7 cm³/mol. The van der Waals surface area contributed by atoms with E-state index in [0.29, 0.717) is 11.5 Å². The second-order valence-electron chi connectivity index (χ2n) is 3.82. The van der Waals surface area contributed by atoms with Gasteiger partial charge in [0.15, 0.2) is 5.82 Å². The zero-order valence-corrected chi connectivity index (χ0v) is 11.0. The van der Waals surface area contributed by atoms with Crippen LogP contribution in [-0.2, 0) is 0 Å². The van der Waals surface area contributed by atoms with Crippen LogP contribution < -0.4 is 5.73 Å². The molecule has 0 aliphatic carbocycles. The van der Waals surface area contributed by atoms with E-state index in [1.165, 1.54) is 0 Å². The Morgan fingerprint density at radius 3 is 2.50 bits per heavy atom. The van der Waals surface area contributed by atoms with Gasteiger partial charge in [-0.3, -0.25) is 0 Å². The predicted octanol–water partition coefficient (Wildman–Crippen LogP) is 2.54. The number of nitrogen functional groups attached to an aromatic ring is 1. The third kappa shape index (κ3) is 1.71. The Labute approximate surface area is 103 Å². The van der Waals surface area contributed by atoms with Gasteiger partial charge in [0.2, 0.25) is 0 Å². The van der Waals surface area contributed by atoms with Crippen molar-refractivity contribution in [3.8, 4) is 5.82 Å². The molecule has 2 heterocycles. The summed E-state index contributed by atoms with van der Waals surface area (Å²) in [5, 5.41) is 4.40. The normalized spacial score (nSPS) is 10.8. The molecule has 2 aromatic rings. The SMILES string of the molecule is Cc1cnc(-n2nc(C)c(Br)c2C)c(N)c1. The van der Waals surface area contributed by atoms with E-state index in [2.05, 4.69) is 26.0 Å². The minimum atomic E-state index is 0.637. The standard InChI is InChI=1S/C11H13BrN4/c1-6-4-9(13)11(14-5-6)16-8(3)10(12)7(2)15-16/h4-5H,13H2,1-3H3. The van der Waals surface area contributed by atoms with Gasteiger partial charge in [0, 0.05) is 6.20 Å². The summed E-state index contributed by atoms with van der Waals surface area (Å²) in [6.07, 6.45) is 1.79. The van der Waals surface area contributed by atoms with E-state index >= 15 is 0 Å². The highest BCUT2D eigenvalue weighted by Gasteiger charge is 2.13. The molecule has 4 nitrogen and oxygen atoms in total. The van der Waals surface area contributed by atoms with Crippen LogP contribution in [0.1, 0.15) is 17.0 Å². The third-order valence-corrected chi connectivity index (χ3v) is 3.58. The molecule has 0 aromatic carbocycles. The number of hydrogen-bond acceptors (Lipinski definition) is 3. The molecular formula is C11H13BrN4. The molecule has 0 amide bonds. The van der Waals surface area contributed by atoms with Gasteiger partial charge in [-0.25, -0.2) is 9.67 Å². The number of anilines is 1. The molecule has 84 valence electrons. The van der Waals surface area contributed by atoms with E-state index < -0.39 is 0 Å². The van der Waals surface area contributed by atoms with Crippen LogP contribution in [0.25, 0.3) is 5.82 Å². The van der Waals surface area contributed by atoms with Crippen LogP contribution in [0.5, 0.6) is 0 Å². The Hall–Kier alpha value is -1.36. The fourth-order valence-corrected chi connectivity index (χ4v) is 1.84. The number of nitrogens with zero attached hydrogens (tertiary/aromatic N) is 3. The van der Waals surface area contributed by atoms with Crippen LogP contribution in [-0.4, -0.2) is 14.8 Å². The lowest BCUT2D eigenvalue weighted by Crippen LogP contribution is -2.06. The van der Waals surface area contributed by atoms with Gasteiger partial charge >= 0.3 is 0 Å². The maximum Gasteiger partial charge on any atom is 0.176 e. The maximum atomic E-state index is 5.94. The van der Waals surface area contributed by atoms with Gasteiger partial charge in [0.1, 0.15) is 0 Å². The van der Waals surface area contributed by atoms with Crippen LogP contribution in [0.15, 0.2) is 16.7 Å². The average molecular weight is 281 g/mol. The summed E-state index contributed by atoms with van der Waals surface area (Å²) >= 11 is 3.48. The lowest BCUT2D eigenvalue weighted by molar-refractivity contribution is 0.807. The van der Waals surface area contributed by atoms with Gasteiger partial charge in [0.25, 0.3) is 0 Å². The smallest absolute Gasteiger partial charge is 0.176 e. The van der Waals surface area contributed by atoms with Crippen molar-refractivity contribution in [3.63, 3.8) is 0 Å². The monoisotopic (exact) mass is 280 g/mol. The highest BCUT2D eigenvalue weighted by Crippen LogP contribution is 2.24. The van der Waals surface area contributed by atoms with Crippen molar-refractivity contribution >= 4 is 21.6 Å². The van der Waals surface area contributed by atoms with Crippen LogP contribution in [0.3, 0.4) is 0 Å². The van der Waals surface area contributed by atoms with Crippen molar-refractivity contribution < 1.29 is 0 Å². The summed E-state index contributed by atoms with van der Waals surface area (Å²) in [6, 6.07) is 1.90. The molecule has 2 aromatic heterocycles. The van der Waals surface area contributed by atoms with Crippen molar-refractivity contribution in [1.82, 2.24) is 14.8 Å². The zero-order valence-electron chi connectivity index (χ0n) is 9.45. The van der Waals surface area contributed by atoms with E-state index in [4.69, 9.17) is 5.73 Å². The van der Waals surface area contributed by atoms with E-state index in [0.717, 1.165) is 21.4 Å². The molecule has 0 saturated heterocycles. The van der Waals surface area contributed by atoms with Gasteiger partial charge in [-0.1, -0.05) is 0 Å². The number of rotatable bonds is 1. The molecule has 0 radical (unpaired) electrons. The largest absolute Gasteiger partial charge is 0.396 e. The van der Waals surface area contributed by atoms with E-state index in [1.807, 2.05) is 26.8 Å². The fourth-order valence-electron chi connectivity index (χ4n) is 1.59. The van der Waals surface area contributed by atoms with Gasteiger partial charge in [0.05, 0.1) is 21.5 Å².